The summed E-state index contributed by atoms with van der Waals surface area (Å²) >= 11 is 0. The second-order valence-corrected chi connectivity index (χ2v) is 8.35. The molecule has 1 atom stereocenters. The maximum absolute atomic E-state index is 12.4. The third-order valence-corrected chi connectivity index (χ3v) is 5.30. The molecule has 2 aliphatic rings. The fourth-order valence-corrected chi connectivity index (χ4v) is 4.05. The van der Waals surface area contributed by atoms with E-state index in [2.05, 4.69) is 54.4 Å². The second-order valence-electron chi connectivity index (χ2n) is 8.35. The summed E-state index contributed by atoms with van der Waals surface area (Å²) in [5.41, 5.74) is 2.21. The van der Waals surface area contributed by atoms with E-state index >= 15 is 0 Å². The molecule has 0 aromatic heterocycles. The van der Waals surface area contributed by atoms with Crippen molar-refractivity contribution in [2.45, 2.75) is 44.9 Å². The first kappa shape index (κ1) is 18.8. The number of hydrogen-bond acceptors (Lipinski definition) is 4. The number of rotatable bonds is 6. The topological polar surface area (TPSA) is 50.8 Å². The standard InChI is InChI=1S/C23H28N2O3/c1-23(2)13-18-9-6-10-20(22(18)28-23)27-16-21(26)24-19-11-12-25(15-19)14-17-7-4-3-5-8-17/h3-10,19H,11-16H2,1-2H3,(H,24,26). The van der Waals surface area contributed by atoms with E-state index in [9.17, 15) is 4.79 Å². The van der Waals surface area contributed by atoms with Crippen LogP contribution in [0.25, 0.3) is 0 Å². The molecule has 5 nitrogen and oxygen atoms in total. The Bertz CT molecular complexity index is 835. The number of amides is 1. The Kier molecular flexibility index (Phi) is 5.27. The van der Waals surface area contributed by atoms with Crippen LogP contribution in [-0.2, 0) is 17.8 Å². The Labute approximate surface area is 166 Å². The number of para-hydroxylation sites is 1. The molecular weight excluding hydrogens is 352 g/mol. The molecule has 1 fully saturated rings. The second kappa shape index (κ2) is 7.84. The molecule has 2 aromatic rings. The predicted octanol–water partition coefficient (Wildman–Crippen LogP) is 3.17. The van der Waals surface area contributed by atoms with Crippen LogP contribution in [0.2, 0.25) is 0 Å². The van der Waals surface area contributed by atoms with Crippen molar-refractivity contribution in [1.29, 1.82) is 0 Å². The van der Waals surface area contributed by atoms with Crippen LogP contribution in [0.3, 0.4) is 0 Å². The van der Waals surface area contributed by atoms with Gasteiger partial charge in [0.15, 0.2) is 18.1 Å². The van der Waals surface area contributed by atoms with Crippen LogP contribution < -0.4 is 14.8 Å². The predicted molar refractivity (Wildman–Crippen MR) is 109 cm³/mol. The molecule has 0 aliphatic carbocycles. The van der Waals surface area contributed by atoms with Crippen LogP contribution in [0, 0.1) is 0 Å². The number of carbonyl (C=O) groups excluding carboxylic acids is 1. The van der Waals surface area contributed by atoms with Crippen LogP contribution >= 0.6 is 0 Å². The number of likely N-dealkylation sites (tertiary alicyclic amines) is 1. The van der Waals surface area contributed by atoms with Gasteiger partial charge in [0.2, 0.25) is 0 Å². The van der Waals surface area contributed by atoms with Gasteiger partial charge in [0, 0.05) is 37.7 Å². The monoisotopic (exact) mass is 380 g/mol. The molecule has 5 heteroatoms. The van der Waals surface area contributed by atoms with Crippen molar-refractivity contribution in [3.63, 3.8) is 0 Å². The number of hydrogen-bond donors (Lipinski definition) is 1. The average Bonchev–Trinajstić information content (AvgIpc) is 3.22. The highest BCUT2D eigenvalue weighted by Gasteiger charge is 2.32. The molecule has 1 unspecified atom stereocenters. The Morgan fingerprint density at radius 2 is 2.04 bits per heavy atom. The molecule has 148 valence electrons. The summed E-state index contributed by atoms with van der Waals surface area (Å²) in [7, 11) is 0. The first-order valence-corrected chi connectivity index (χ1v) is 9.98. The van der Waals surface area contributed by atoms with Crippen molar-refractivity contribution >= 4 is 5.91 Å². The highest BCUT2D eigenvalue weighted by molar-refractivity contribution is 5.78. The van der Waals surface area contributed by atoms with E-state index in [1.165, 1.54) is 5.56 Å². The zero-order valence-electron chi connectivity index (χ0n) is 16.6. The van der Waals surface area contributed by atoms with Gasteiger partial charge in [-0.1, -0.05) is 42.5 Å². The molecule has 0 radical (unpaired) electrons. The highest BCUT2D eigenvalue weighted by Crippen LogP contribution is 2.41. The van der Waals surface area contributed by atoms with Crippen molar-refractivity contribution in [2.24, 2.45) is 0 Å². The summed E-state index contributed by atoms with van der Waals surface area (Å²) in [6, 6.07) is 16.5. The molecule has 4 rings (SSSR count). The lowest BCUT2D eigenvalue weighted by molar-refractivity contribution is -0.123. The quantitative estimate of drug-likeness (QED) is 0.836. The van der Waals surface area contributed by atoms with Gasteiger partial charge in [0.1, 0.15) is 5.60 Å². The van der Waals surface area contributed by atoms with Crippen molar-refractivity contribution in [3.05, 3.63) is 59.7 Å². The number of nitrogens with zero attached hydrogens (tertiary/aromatic N) is 1. The molecule has 2 heterocycles. The van der Waals surface area contributed by atoms with Gasteiger partial charge in [-0.2, -0.15) is 0 Å². The molecule has 1 N–H and O–H groups in total. The van der Waals surface area contributed by atoms with E-state index in [1.54, 1.807) is 0 Å². The number of ether oxygens (including phenoxy) is 2. The summed E-state index contributed by atoms with van der Waals surface area (Å²) in [6.07, 6.45) is 1.82. The molecular formula is C23H28N2O3. The van der Waals surface area contributed by atoms with E-state index in [4.69, 9.17) is 9.47 Å². The number of nitrogens with one attached hydrogen (secondary N) is 1. The molecule has 0 spiro atoms. The minimum absolute atomic E-state index is 0.00935. The maximum Gasteiger partial charge on any atom is 0.258 e. The van der Waals surface area contributed by atoms with Crippen molar-refractivity contribution in [2.75, 3.05) is 19.7 Å². The van der Waals surface area contributed by atoms with Gasteiger partial charge in [-0.25, -0.2) is 0 Å². The van der Waals surface area contributed by atoms with E-state index in [0.29, 0.717) is 5.75 Å². The summed E-state index contributed by atoms with van der Waals surface area (Å²) < 4.78 is 11.8. The molecule has 0 saturated carbocycles. The van der Waals surface area contributed by atoms with Gasteiger partial charge in [0.05, 0.1) is 0 Å². The lowest BCUT2D eigenvalue weighted by atomic mass is 10.0. The van der Waals surface area contributed by atoms with E-state index in [-0.39, 0.29) is 24.2 Å². The lowest BCUT2D eigenvalue weighted by Gasteiger charge is -2.19. The van der Waals surface area contributed by atoms with Crippen LogP contribution in [0.1, 0.15) is 31.4 Å². The Morgan fingerprint density at radius 1 is 1.21 bits per heavy atom. The zero-order chi connectivity index (χ0) is 19.6. The van der Waals surface area contributed by atoms with Crippen LogP contribution in [0.5, 0.6) is 11.5 Å². The molecule has 2 aromatic carbocycles. The average molecular weight is 380 g/mol. The molecule has 0 bridgehead atoms. The first-order chi connectivity index (χ1) is 13.5. The Hall–Kier alpha value is -2.53. The van der Waals surface area contributed by atoms with Crippen molar-refractivity contribution in [3.8, 4) is 11.5 Å². The molecule has 1 amide bonds. The van der Waals surface area contributed by atoms with Crippen LogP contribution in [-0.4, -0.2) is 42.1 Å². The summed E-state index contributed by atoms with van der Waals surface area (Å²) in [5, 5.41) is 3.10. The number of carbonyl (C=O) groups is 1. The van der Waals surface area contributed by atoms with E-state index in [0.717, 1.165) is 43.8 Å². The number of fused-ring (bicyclic) bond motifs is 1. The van der Waals surface area contributed by atoms with Gasteiger partial charge in [-0.3, -0.25) is 9.69 Å². The van der Waals surface area contributed by atoms with Gasteiger partial charge in [0.25, 0.3) is 5.91 Å². The Morgan fingerprint density at radius 3 is 2.86 bits per heavy atom. The summed E-state index contributed by atoms with van der Waals surface area (Å²) in [4.78, 5) is 14.7. The minimum atomic E-state index is -0.226. The lowest BCUT2D eigenvalue weighted by Crippen LogP contribution is -2.39. The molecule has 1 saturated heterocycles. The third-order valence-electron chi connectivity index (χ3n) is 5.30. The maximum atomic E-state index is 12.4. The third kappa shape index (κ3) is 4.47. The zero-order valence-corrected chi connectivity index (χ0v) is 16.6. The van der Waals surface area contributed by atoms with Gasteiger partial charge < -0.3 is 14.8 Å². The SMILES string of the molecule is CC1(C)Cc2cccc(OCC(=O)NC3CCN(Cc4ccccc4)C3)c2O1. The minimum Gasteiger partial charge on any atom is -0.483 e. The number of benzene rings is 2. The van der Waals surface area contributed by atoms with E-state index < -0.39 is 0 Å². The van der Waals surface area contributed by atoms with Crippen LogP contribution in [0.15, 0.2) is 48.5 Å². The van der Waals surface area contributed by atoms with Crippen LogP contribution in [0.4, 0.5) is 0 Å². The normalized spacial score (nSPS) is 20.4. The largest absolute Gasteiger partial charge is 0.483 e. The van der Waals surface area contributed by atoms with Gasteiger partial charge >= 0.3 is 0 Å². The fourth-order valence-electron chi connectivity index (χ4n) is 4.05. The first-order valence-electron chi connectivity index (χ1n) is 9.98. The van der Waals surface area contributed by atoms with Crippen molar-refractivity contribution < 1.29 is 14.3 Å². The highest BCUT2D eigenvalue weighted by atomic mass is 16.5. The molecule has 28 heavy (non-hydrogen) atoms. The van der Waals surface area contributed by atoms with Gasteiger partial charge in [-0.15, -0.1) is 0 Å². The Balaban J connectivity index is 1.26. The summed E-state index contributed by atoms with van der Waals surface area (Å²) in [6.45, 7) is 6.92. The van der Waals surface area contributed by atoms with Crippen molar-refractivity contribution in [1.82, 2.24) is 10.2 Å². The van der Waals surface area contributed by atoms with Gasteiger partial charge in [-0.05, 0) is 31.9 Å². The smallest absolute Gasteiger partial charge is 0.258 e. The molecule has 2 aliphatic heterocycles. The fraction of sp³-hybridized carbons (Fsp3) is 0.435. The summed E-state index contributed by atoms with van der Waals surface area (Å²) in [5.74, 6) is 1.34. The van der Waals surface area contributed by atoms with E-state index in [1.807, 2.05) is 18.2 Å².